The first-order valence-electron chi connectivity index (χ1n) is 10.3. The zero-order chi connectivity index (χ0) is 21.0. The molecular weight excluding hydrogens is 392 g/mol. The summed E-state index contributed by atoms with van der Waals surface area (Å²) in [5.74, 6) is 0.668. The van der Waals surface area contributed by atoms with Gasteiger partial charge in [-0.3, -0.25) is 4.99 Å². The molecule has 2 rings (SSSR count). The van der Waals surface area contributed by atoms with Crippen LogP contribution in [0, 0.1) is 6.92 Å². The van der Waals surface area contributed by atoms with Crippen molar-refractivity contribution in [3.63, 3.8) is 0 Å². The quantitative estimate of drug-likeness (QED) is 0.265. The van der Waals surface area contributed by atoms with Crippen molar-refractivity contribution in [1.82, 2.24) is 15.4 Å². The molecule has 0 radical (unpaired) electrons. The first-order chi connectivity index (χ1) is 14.0. The van der Waals surface area contributed by atoms with E-state index in [4.69, 9.17) is 9.47 Å². The molecule has 1 fully saturated rings. The summed E-state index contributed by atoms with van der Waals surface area (Å²) in [5.41, 5.74) is 1.02. The fourth-order valence-electron chi connectivity index (χ4n) is 2.86. The molecule has 1 aliphatic heterocycles. The van der Waals surface area contributed by atoms with Crippen molar-refractivity contribution in [1.29, 1.82) is 0 Å². The second-order valence-electron chi connectivity index (χ2n) is 6.96. The van der Waals surface area contributed by atoms with Crippen LogP contribution < -0.4 is 15.4 Å². The summed E-state index contributed by atoms with van der Waals surface area (Å²) in [6.07, 6.45) is 3.28. The van der Waals surface area contributed by atoms with Gasteiger partial charge in [0.05, 0.1) is 17.6 Å². The predicted octanol–water partition coefficient (Wildman–Crippen LogP) is 1.41. The fourth-order valence-corrected chi connectivity index (χ4v) is 3.89. The number of nitrogens with zero attached hydrogens (tertiary/aromatic N) is 1. The smallest absolute Gasteiger partial charge is 0.240 e. The zero-order valence-electron chi connectivity index (χ0n) is 17.4. The number of guanidine groups is 1. The highest BCUT2D eigenvalue weighted by atomic mass is 32.2. The Kier molecular flexibility index (Phi) is 10.4. The van der Waals surface area contributed by atoms with Crippen molar-refractivity contribution >= 4 is 16.0 Å². The predicted molar refractivity (Wildman–Crippen MR) is 115 cm³/mol. The van der Waals surface area contributed by atoms with Crippen molar-refractivity contribution in [2.24, 2.45) is 4.99 Å². The third-order valence-electron chi connectivity index (χ3n) is 4.43. The highest BCUT2D eigenvalue weighted by molar-refractivity contribution is 7.89. The fraction of sp³-hybridized carbons (Fsp3) is 0.650. The van der Waals surface area contributed by atoms with Crippen molar-refractivity contribution in [3.8, 4) is 0 Å². The summed E-state index contributed by atoms with van der Waals surface area (Å²) in [4.78, 5) is 4.76. The molecule has 0 amide bonds. The van der Waals surface area contributed by atoms with Gasteiger partial charge in [-0.1, -0.05) is 17.7 Å². The minimum Gasteiger partial charge on any atom is -0.379 e. The summed E-state index contributed by atoms with van der Waals surface area (Å²) in [7, 11) is -3.50. The number of aryl methyl sites for hydroxylation is 1. The Hall–Kier alpha value is -1.68. The third-order valence-corrected chi connectivity index (χ3v) is 5.91. The van der Waals surface area contributed by atoms with Gasteiger partial charge >= 0.3 is 0 Å². The van der Waals surface area contributed by atoms with Crippen LogP contribution in [0.1, 0.15) is 31.7 Å². The number of ether oxygens (including phenoxy) is 2. The minimum atomic E-state index is -3.50. The van der Waals surface area contributed by atoms with Gasteiger partial charge in [0.25, 0.3) is 0 Å². The number of aliphatic imine (C=N–C) groups is 1. The highest BCUT2D eigenvalue weighted by Crippen LogP contribution is 2.12. The van der Waals surface area contributed by atoms with Crippen LogP contribution in [-0.4, -0.2) is 66.5 Å². The van der Waals surface area contributed by atoms with Gasteiger partial charge < -0.3 is 20.1 Å². The van der Waals surface area contributed by atoms with Crippen LogP contribution in [0.5, 0.6) is 0 Å². The molecule has 1 heterocycles. The number of benzene rings is 1. The highest BCUT2D eigenvalue weighted by Gasteiger charge is 2.15. The molecule has 29 heavy (non-hydrogen) atoms. The lowest BCUT2D eigenvalue weighted by Gasteiger charge is -2.12. The largest absolute Gasteiger partial charge is 0.379 e. The molecule has 0 bridgehead atoms. The average molecular weight is 427 g/mol. The van der Waals surface area contributed by atoms with Crippen LogP contribution in [-0.2, 0) is 19.5 Å². The van der Waals surface area contributed by atoms with E-state index in [1.54, 1.807) is 24.3 Å². The van der Waals surface area contributed by atoms with Gasteiger partial charge in [-0.05, 0) is 45.2 Å². The lowest BCUT2D eigenvalue weighted by atomic mass is 10.2. The molecule has 164 valence electrons. The second kappa shape index (κ2) is 12.8. The molecule has 1 unspecified atom stereocenters. The average Bonchev–Trinajstić information content (AvgIpc) is 3.21. The van der Waals surface area contributed by atoms with E-state index in [1.807, 2.05) is 13.8 Å². The Bertz CT molecular complexity index is 717. The number of nitrogens with one attached hydrogen (secondary N) is 3. The Labute approximate surface area is 174 Å². The van der Waals surface area contributed by atoms with Gasteiger partial charge in [0.15, 0.2) is 5.96 Å². The van der Waals surface area contributed by atoms with Crippen LogP contribution in [0.3, 0.4) is 0 Å². The van der Waals surface area contributed by atoms with Crippen molar-refractivity contribution in [3.05, 3.63) is 29.8 Å². The van der Waals surface area contributed by atoms with Gasteiger partial charge in [-0.15, -0.1) is 0 Å². The van der Waals surface area contributed by atoms with Gasteiger partial charge in [0, 0.05) is 39.4 Å². The van der Waals surface area contributed by atoms with E-state index >= 15 is 0 Å². The number of hydrogen-bond acceptors (Lipinski definition) is 5. The van der Waals surface area contributed by atoms with Crippen LogP contribution in [0.15, 0.2) is 34.2 Å². The Morgan fingerprint density at radius 3 is 2.72 bits per heavy atom. The third kappa shape index (κ3) is 9.12. The maximum absolute atomic E-state index is 12.3. The summed E-state index contributed by atoms with van der Waals surface area (Å²) >= 11 is 0. The van der Waals surface area contributed by atoms with Gasteiger partial charge in [0.1, 0.15) is 0 Å². The van der Waals surface area contributed by atoms with Gasteiger partial charge in [0.2, 0.25) is 10.0 Å². The summed E-state index contributed by atoms with van der Waals surface area (Å²) in [5, 5.41) is 6.30. The zero-order valence-corrected chi connectivity index (χ0v) is 18.3. The molecule has 3 N–H and O–H groups in total. The number of rotatable bonds is 12. The normalized spacial score (nSPS) is 17.4. The van der Waals surface area contributed by atoms with Gasteiger partial charge in [-0.2, -0.15) is 0 Å². The SMILES string of the molecule is CCNC(=NCCCOCC1CCCO1)NCCNS(=O)(=O)c1ccc(C)cc1. The van der Waals surface area contributed by atoms with Crippen LogP contribution in [0.4, 0.5) is 0 Å². The first kappa shape index (κ1) is 23.6. The van der Waals surface area contributed by atoms with Crippen LogP contribution >= 0.6 is 0 Å². The molecule has 1 aromatic rings. The lowest BCUT2D eigenvalue weighted by molar-refractivity contribution is 0.0171. The Morgan fingerprint density at radius 2 is 2.03 bits per heavy atom. The van der Waals surface area contributed by atoms with E-state index in [2.05, 4.69) is 20.3 Å². The Morgan fingerprint density at radius 1 is 1.24 bits per heavy atom. The number of sulfonamides is 1. The molecular formula is C20H34N4O4S. The first-order valence-corrected chi connectivity index (χ1v) is 11.8. The van der Waals surface area contributed by atoms with E-state index in [0.29, 0.717) is 32.3 Å². The maximum atomic E-state index is 12.3. The molecule has 1 aliphatic rings. The molecule has 8 nitrogen and oxygen atoms in total. The molecule has 0 aromatic heterocycles. The van der Waals surface area contributed by atoms with E-state index in [-0.39, 0.29) is 17.5 Å². The van der Waals surface area contributed by atoms with Crippen LogP contribution in [0.25, 0.3) is 0 Å². The van der Waals surface area contributed by atoms with Crippen LogP contribution in [0.2, 0.25) is 0 Å². The molecule has 0 aliphatic carbocycles. The molecule has 1 atom stereocenters. The van der Waals surface area contributed by atoms with Crippen molar-refractivity contribution < 1.29 is 17.9 Å². The molecule has 0 spiro atoms. The van der Waals surface area contributed by atoms with Crippen molar-refractivity contribution in [2.45, 2.75) is 44.1 Å². The summed E-state index contributed by atoms with van der Waals surface area (Å²) in [6, 6.07) is 6.79. The second-order valence-corrected chi connectivity index (χ2v) is 8.73. The molecule has 1 aromatic carbocycles. The van der Waals surface area contributed by atoms with E-state index < -0.39 is 10.0 Å². The number of hydrogen-bond donors (Lipinski definition) is 3. The lowest BCUT2D eigenvalue weighted by Crippen LogP contribution is -2.41. The maximum Gasteiger partial charge on any atom is 0.240 e. The van der Waals surface area contributed by atoms with Gasteiger partial charge in [-0.25, -0.2) is 13.1 Å². The van der Waals surface area contributed by atoms with E-state index in [9.17, 15) is 8.42 Å². The summed E-state index contributed by atoms with van der Waals surface area (Å²) in [6.45, 7) is 8.14. The molecule has 0 saturated carbocycles. The van der Waals surface area contributed by atoms with E-state index in [1.165, 1.54) is 0 Å². The standard InChI is InChI=1S/C20H34N4O4S/c1-3-21-20(22-11-5-14-27-16-18-6-4-15-28-18)23-12-13-24-29(25,26)19-9-7-17(2)8-10-19/h7-10,18,24H,3-6,11-16H2,1-2H3,(H2,21,22,23). The van der Waals surface area contributed by atoms with Crippen molar-refractivity contribution in [2.75, 3.05) is 46.0 Å². The van der Waals surface area contributed by atoms with E-state index in [0.717, 1.165) is 38.0 Å². The molecule has 1 saturated heterocycles. The monoisotopic (exact) mass is 426 g/mol. The minimum absolute atomic E-state index is 0.251. The Balaban J connectivity index is 1.64. The topological polar surface area (TPSA) is 101 Å². The summed E-state index contributed by atoms with van der Waals surface area (Å²) < 4.78 is 38.3. The molecule has 9 heteroatoms.